The summed E-state index contributed by atoms with van der Waals surface area (Å²) in [5.74, 6) is -80.5. The standard InChI is InChI=1S/C25H20F18O7/c1-3-48-14(44)12-11(10-8-6-5-7-9-10)13(15(45)49-4-2)17(47,19(28,29)21(32,33)23(36,37)25(41,42)43)50-16(12,46)18(26,27)20(30,31)22(34,35)24(38,39)40/h5-9,11-13,46-47H,3-4H2,1-2H3/t11?,12-,13+,16+,17-. The van der Waals surface area contributed by atoms with Crippen LogP contribution in [0.5, 0.6) is 0 Å². The Morgan fingerprint density at radius 1 is 0.600 bits per heavy atom. The third-order valence-corrected chi connectivity index (χ3v) is 7.33. The van der Waals surface area contributed by atoms with Crippen molar-refractivity contribution >= 4 is 11.9 Å². The molecule has 0 aromatic heterocycles. The Morgan fingerprint density at radius 3 is 1.16 bits per heavy atom. The summed E-state index contributed by atoms with van der Waals surface area (Å²) >= 11 is 0. The van der Waals surface area contributed by atoms with Gasteiger partial charge in [-0.25, -0.2) is 0 Å². The normalized spacial score (nSPS) is 26.4. The van der Waals surface area contributed by atoms with E-state index in [9.17, 15) is 81.3 Å². The number of halogens is 18. The first-order valence-corrected chi connectivity index (χ1v) is 13.1. The van der Waals surface area contributed by atoms with Gasteiger partial charge in [-0.05, 0) is 19.4 Å². The van der Waals surface area contributed by atoms with Crippen LogP contribution in [0, 0.1) is 11.8 Å². The zero-order chi connectivity index (χ0) is 39.5. The molecule has 1 unspecified atom stereocenters. The number of aliphatic hydroxyl groups is 2. The Morgan fingerprint density at radius 2 is 0.900 bits per heavy atom. The zero-order valence-electron chi connectivity index (χ0n) is 24.3. The summed E-state index contributed by atoms with van der Waals surface area (Å²) < 4.78 is 267. The topological polar surface area (TPSA) is 102 Å². The van der Waals surface area contributed by atoms with Crippen molar-refractivity contribution in [1.82, 2.24) is 0 Å². The molecule has 1 aromatic carbocycles. The van der Waals surface area contributed by atoms with Crippen LogP contribution in [0.25, 0.3) is 0 Å². The maximum absolute atomic E-state index is 15.7. The van der Waals surface area contributed by atoms with Gasteiger partial charge in [0, 0.05) is 5.92 Å². The second-order valence-electron chi connectivity index (χ2n) is 10.3. The van der Waals surface area contributed by atoms with E-state index in [2.05, 4.69) is 14.2 Å². The van der Waals surface area contributed by atoms with Gasteiger partial charge >= 0.3 is 59.8 Å². The van der Waals surface area contributed by atoms with Gasteiger partial charge in [0.15, 0.2) is 0 Å². The molecule has 1 aliphatic rings. The van der Waals surface area contributed by atoms with Crippen molar-refractivity contribution in [3.8, 4) is 0 Å². The number of alkyl halides is 18. The molecule has 7 nitrogen and oxygen atoms in total. The van der Waals surface area contributed by atoms with Crippen molar-refractivity contribution in [2.24, 2.45) is 11.8 Å². The average Bonchev–Trinajstić information content (AvgIpc) is 2.95. The van der Waals surface area contributed by atoms with Crippen molar-refractivity contribution in [2.75, 3.05) is 13.2 Å². The lowest BCUT2D eigenvalue weighted by molar-refractivity contribution is -0.529. The summed E-state index contributed by atoms with van der Waals surface area (Å²) in [4.78, 5) is 26.0. The summed E-state index contributed by atoms with van der Waals surface area (Å²) in [5.41, 5.74) is -1.38. The molecule has 1 aliphatic heterocycles. The SMILES string of the molecule is CCOC(=O)[C@@H]1C(c2ccccc2)[C@H](C(=O)OCC)[C@@](O)(C(F)(F)C(F)(F)C(F)(F)C(F)(F)F)O[C@@]1(O)C(F)(F)C(F)(F)C(F)(F)C(F)(F)F. The van der Waals surface area contributed by atoms with Gasteiger partial charge in [-0.15, -0.1) is 0 Å². The molecule has 2 N–H and O–H groups in total. The van der Waals surface area contributed by atoms with Crippen LogP contribution in [0.1, 0.15) is 25.3 Å². The molecular weight excluding hydrogens is 754 g/mol. The minimum absolute atomic E-state index is 0.316. The number of hydrogen-bond acceptors (Lipinski definition) is 7. The number of benzene rings is 1. The highest BCUT2D eigenvalue weighted by molar-refractivity contribution is 5.81. The van der Waals surface area contributed by atoms with Crippen LogP contribution < -0.4 is 0 Å². The predicted octanol–water partition coefficient (Wildman–Crippen LogP) is 6.47. The highest BCUT2D eigenvalue weighted by Gasteiger charge is 2.94. The molecule has 0 radical (unpaired) electrons. The van der Waals surface area contributed by atoms with Gasteiger partial charge in [-0.1, -0.05) is 30.3 Å². The molecule has 0 spiro atoms. The highest BCUT2D eigenvalue weighted by Crippen LogP contribution is 2.67. The Kier molecular flexibility index (Phi) is 11.0. The largest absolute Gasteiger partial charge is 0.466 e. The van der Waals surface area contributed by atoms with Gasteiger partial charge in [-0.2, -0.15) is 79.0 Å². The third kappa shape index (κ3) is 5.88. The number of carbonyl (C=O) groups excluding carboxylic acids is 2. The molecule has 2 rings (SSSR count). The fourth-order valence-electron chi connectivity index (χ4n) is 4.90. The number of carbonyl (C=O) groups is 2. The summed E-state index contributed by atoms with van der Waals surface area (Å²) in [5, 5.41) is 21.7. The third-order valence-electron chi connectivity index (χ3n) is 7.33. The Labute approximate surface area is 266 Å². The van der Waals surface area contributed by atoms with Gasteiger partial charge in [-0.3, -0.25) is 9.59 Å². The molecule has 1 saturated heterocycles. The zero-order valence-corrected chi connectivity index (χ0v) is 24.3. The highest BCUT2D eigenvalue weighted by atomic mass is 19.4. The lowest BCUT2D eigenvalue weighted by atomic mass is 9.63. The van der Waals surface area contributed by atoms with Crippen LogP contribution in [0.2, 0.25) is 0 Å². The molecule has 1 fully saturated rings. The molecule has 25 heteroatoms. The smallest absolute Gasteiger partial charge is 0.460 e. The van der Waals surface area contributed by atoms with Crippen LogP contribution in [-0.4, -0.2) is 94.8 Å². The van der Waals surface area contributed by atoms with Crippen LogP contribution in [0.3, 0.4) is 0 Å². The number of rotatable bonds is 11. The lowest BCUT2D eigenvalue weighted by Gasteiger charge is -2.57. The van der Waals surface area contributed by atoms with E-state index in [0.29, 0.717) is 38.1 Å². The minimum atomic E-state index is -8.30. The van der Waals surface area contributed by atoms with Crippen LogP contribution >= 0.6 is 0 Å². The van der Waals surface area contributed by atoms with Crippen LogP contribution in [-0.2, 0) is 23.8 Å². The molecule has 0 aliphatic carbocycles. The van der Waals surface area contributed by atoms with E-state index in [4.69, 9.17) is 0 Å². The van der Waals surface area contributed by atoms with E-state index in [1.54, 1.807) is 0 Å². The minimum Gasteiger partial charge on any atom is -0.466 e. The molecule has 50 heavy (non-hydrogen) atoms. The maximum Gasteiger partial charge on any atom is 0.460 e. The van der Waals surface area contributed by atoms with E-state index in [-0.39, 0.29) is 0 Å². The number of esters is 2. The number of hydrogen-bond donors (Lipinski definition) is 2. The summed E-state index contributed by atoms with van der Waals surface area (Å²) in [6.07, 6.45) is -15.6. The first-order chi connectivity index (χ1) is 22.2. The Balaban J connectivity index is 3.35. The number of ether oxygens (including phenoxy) is 3. The molecule has 0 saturated carbocycles. The van der Waals surface area contributed by atoms with Gasteiger partial charge in [0.2, 0.25) is 0 Å². The van der Waals surface area contributed by atoms with E-state index in [0.717, 1.165) is 6.07 Å². The van der Waals surface area contributed by atoms with Gasteiger partial charge < -0.3 is 24.4 Å². The van der Waals surface area contributed by atoms with Crippen LogP contribution in [0.4, 0.5) is 79.0 Å². The van der Waals surface area contributed by atoms with E-state index in [1.807, 2.05) is 0 Å². The molecule has 288 valence electrons. The Hall–Kier alpha value is -3.22. The molecule has 5 atom stereocenters. The summed E-state index contributed by atoms with van der Waals surface area (Å²) in [7, 11) is 0. The molecule has 1 heterocycles. The van der Waals surface area contributed by atoms with Crippen molar-refractivity contribution in [2.45, 2.75) is 79.2 Å². The quantitative estimate of drug-likeness (QED) is 0.196. The summed E-state index contributed by atoms with van der Waals surface area (Å²) in [6.45, 7) is -0.992. The van der Waals surface area contributed by atoms with E-state index >= 15 is 17.6 Å². The fraction of sp³-hybridized carbons (Fsp3) is 0.680. The Bertz CT molecular complexity index is 1310. The molecular formula is C25H20F18O7. The van der Waals surface area contributed by atoms with Gasteiger partial charge in [0.1, 0.15) is 11.8 Å². The van der Waals surface area contributed by atoms with Crippen LogP contribution in [0.15, 0.2) is 30.3 Å². The maximum atomic E-state index is 15.7. The average molecular weight is 774 g/mol. The van der Waals surface area contributed by atoms with Crippen molar-refractivity contribution in [1.29, 1.82) is 0 Å². The second-order valence-corrected chi connectivity index (χ2v) is 10.3. The fourth-order valence-corrected chi connectivity index (χ4v) is 4.90. The molecule has 0 amide bonds. The van der Waals surface area contributed by atoms with Crippen molar-refractivity contribution in [3.63, 3.8) is 0 Å². The molecule has 0 bridgehead atoms. The van der Waals surface area contributed by atoms with Crippen molar-refractivity contribution in [3.05, 3.63) is 35.9 Å². The van der Waals surface area contributed by atoms with Gasteiger partial charge in [0.05, 0.1) is 13.2 Å². The van der Waals surface area contributed by atoms with Crippen molar-refractivity contribution < 1.29 is 113 Å². The first kappa shape index (κ1) is 42.9. The van der Waals surface area contributed by atoms with Gasteiger partial charge in [0.25, 0.3) is 11.6 Å². The lowest BCUT2D eigenvalue weighted by Crippen LogP contribution is -2.82. The summed E-state index contributed by atoms with van der Waals surface area (Å²) in [6, 6.07) is 2.76. The molecule has 1 aromatic rings. The monoisotopic (exact) mass is 774 g/mol. The van der Waals surface area contributed by atoms with E-state index < -0.39 is 108 Å². The second kappa shape index (κ2) is 12.8. The predicted molar refractivity (Wildman–Crippen MR) is 122 cm³/mol. The van der Waals surface area contributed by atoms with E-state index in [1.165, 1.54) is 0 Å². The first-order valence-electron chi connectivity index (χ1n) is 13.1.